The molecule has 2 aromatic rings. The molecule has 0 spiro atoms. The SMILES string of the molecule is COCCn1cc(Cc2ccc(OC)cc2)c(S(N)(=O)=O)n1. The highest BCUT2D eigenvalue weighted by atomic mass is 32.2. The first-order valence-corrected chi connectivity index (χ1v) is 8.19. The van der Waals surface area contributed by atoms with E-state index >= 15 is 0 Å². The summed E-state index contributed by atoms with van der Waals surface area (Å²) in [6.45, 7) is 0.898. The molecule has 0 aliphatic carbocycles. The molecule has 2 N–H and O–H groups in total. The summed E-state index contributed by atoms with van der Waals surface area (Å²) in [6.07, 6.45) is 2.10. The highest BCUT2D eigenvalue weighted by Gasteiger charge is 2.19. The van der Waals surface area contributed by atoms with Gasteiger partial charge in [0.05, 0.1) is 20.3 Å². The second kappa shape index (κ2) is 6.91. The minimum absolute atomic E-state index is 0.0978. The molecule has 0 aliphatic heterocycles. The van der Waals surface area contributed by atoms with Gasteiger partial charge in [-0.2, -0.15) is 5.10 Å². The summed E-state index contributed by atoms with van der Waals surface area (Å²) in [5, 5.41) is 9.19. The molecule has 2 rings (SSSR count). The largest absolute Gasteiger partial charge is 0.497 e. The van der Waals surface area contributed by atoms with Crippen LogP contribution in [0.25, 0.3) is 0 Å². The Morgan fingerprint density at radius 2 is 1.91 bits per heavy atom. The van der Waals surface area contributed by atoms with E-state index in [2.05, 4.69) is 5.10 Å². The lowest BCUT2D eigenvalue weighted by molar-refractivity contribution is 0.183. The molecule has 0 unspecified atom stereocenters. The van der Waals surface area contributed by atoms with Gasteiger partial charge in [0.1, 0.15) is 5.75 Å². The van der Waals surface area contributed by atoms with E-state index in [0.717, 1.165) is 11.3 Å². The van der Waals surface area contributed by atoms with Crippen molar-refractivity contribution in [3.63, 3.8) is 0 Å². The highest BCUT2D eigenvalue weighted by molar-refractivity contribution is 7.89. The fourth-order valence-corrected chi connectivity index (χ4v) is 2.78. The summed E-state index contributed by atoms with van der Waals surface area (Å²) in [5.41, 5.74) is 1.50. The van der Waals surface area contributed by atoms with Crippen LogP contribution in [0.4, 0.5) is 0 Å². The van der Waals surface area contributed by atoms with Crippen molar-refractivity contribution in [3.8, 4) is 5.75 Å². The average Bonchev–Trinajstić information content (AvgIpc) is 2.89. The van der Waals surface area contributed by atoms with Gasteiger partial charge in [-0.25, -0.2) is 13.6 Å². The van der Waals surface area contributed by atoms with E-state index in [1.165, 1.54) is 4.68 Å². The zero-order valence-electron chi connectivity index (χ0n) is 12.5. The minimum Gasteiger partial charge on any atom is -0.497 e. The molecule has 1 aromatic carbocycles. The van der Waals surface area contributed by atoms with Gasteiger partial charge in [0, 0.05) is 25.3 Å². The van der Waals surface area contributed by atoms with Crippen molar-refractivity contribution < 1.29 is 17.9 Å². The molecule has 1 aromatic heterocycles. The molecule has 8 heteroatoms. The van der Waals surface area contributed by atoms with Gasteiger partial charge < -0.3 is 9.47 Å². The predicted molar refractivity (Wildman–Crippen MR) is 81.3 cm³/mol. The maximum absolute atomic E-state index is 11.7. The lowest BCUT2D eigenvalue weighted by Gasteiger charge is -2.03. The van der Waals surface area contributed by atoms with E-state index in [4.69, 9.17) is 14.6 Å². The van der Waals surface area contributed by atoms with Crippen molar-refractivity contribution in [2.45, 2.75) is 18.0 Å². The van der Waals surface area contributed by atoms with Crippen molar-refractivity contribution >= 4 is 10.0 Å². The van der Waals surface area contributed by atoms with Crippen molar-refractivity contribution in [1.29, 1.82) is 0 Å². The lowest BCUT2D eigenvalue weighted by atomic mass is 10.1. The van der Waals surface area contributed by atoms with E-state index in [1.807, 2.05) is 24.3 Å². The van der Waals surface area contributed by atoms with Gasteiger partial charge in [0.2, 0.25) is 0 Å². The van der Waals surface area contributed by atoms with Gasteiger partial charge in [-0.15, -0.1) is 0 Å². The number of nitrogens with two attached hydrogens (primary N) is 1. The number of sulfonamides is 1. The number of rotatable bonds is 7. The van der Waals surface area contributed by atoms with Gasteiger partial charge >= 0.3 is 0 Å². The molecule has 0 bridgehead atoms. The molecule has 1 heterocycles. The molecular weight excluding hydrogens is 306 g/mol. The molecular formula is C14H19N3O4S. The third-order valence-electron chi connectivity index (χ3n) is 3.15. The van der Waals surface area contributed by atoms with Gasteiger partial charge in [-0.1, -0.05) is 12.1 Å². The van der Waals surface area contributed by atoms with Crippen LogP contribution in [0.15, 0.2) is 35.5 Å². The molecule has 0 radical (unpaired) electrons. The molecule has 120 valence electrons. The first kappa shape index (κ1) is 16.5. The second-order valence-electron chi connectivity index (χ2n) is 4.79. The molecule has 0 aliphatic rings. The number of aromatic nitrogens is 2. The summed E-state index contributed by atoms with van der Waals surface area (Å²) in [5.74, 6) is 0.742. The maximum Gasteiger partial charge on any atom is 0.257 e. The Morgan fingerprint density at radius 1 is 1.23 bits per heavy atom. The third kappa shape index (κ3) is 4.06. The summed E-state index contributed by atoms with van der Waals surface area (Å²) >= 11 is 0. The van der Waals surface area contributed by atoms with Crippen molar-refractivity contribution in [2.24, 2.45) is 5.14 Å². The van der Waals surface area contributed by atoms with E-state index in [0.29, 0.717) is 25.1 Å². The fourth-order valence-electron chi connectivity index (χ4n) is 2.07. The van der Waals surface area contributed by atoms with Crippen LogP contribution in [0.3, 0.4) is 0 Å². The predicted octanol–water partition coefficient (Wildman–Crippen LogP) is 0.776. The van der Waals surface area contributed by atoms with Crippen molar-refractivity contribution in [3.05, 3.63) is 41.6 Å². The number of primary sulfonamides is 1. The Kier molecular flexibility index (Phi) is 5.17. The van der Waals surface area contributed by atoms with Crippen LogP contribution in [0, 0.1) is 0 Å². The van der Waals surface area contributed by atoms with Crippen LogP contribution >= 0.6 is 0 Å². The van der Waals surface area contributed by atoms with Crippen LogP contribution in [-0.2, 0) is 27.7 Å². The summed E-state index contributed by atoms with van der Waals surface area (Å²) in [7, 11) is -0.705. The van der Waals surface area contributed by atoms with Crippen LogP contribution in [0.1, 0.15) is 11.1 Å². The van der Waals surface area contributed by atoms with Crippen molar-refractivity contribution in [1.82, 2.24) is 9.78 Å². The number of ether oxygens (including phenoxy) is 2. The maximum atomic E-state index is 11.7. The van der Waals surface area contributed by atoms with Crippen LogP contribution < -0.4 is 9.88 Å². The molecule has 22 heavy (non-hydrogen) atoms. The van der Waals surface area contributed by atoms with E-state index in [1.54, 1.807) is 20.4 Å². The number of hydrogen-bond acceptors (Lipinski definition) is 5. The first-order valence-electron chi connectivity index (χ1n) is 6.65. The van der Waals surface area contributed by atoms with Gasteiger partial charge in [0.15, 0.2) is 5.03 Å². The summed E-state index contributed by atoms with van der Waals surface area (Å²) in [4.78, 5) is 0. The zero-order chi connectivity index (χ0) is 16.2. The topological polar surface area (TPSA) is 96.4 Å². The Labute approximate surface area is 129 Å². The van der Waals surface area contributed by atoms with Crippen LogP contribution in [0.2, 0.25) is 0 Å². The number of benzene rings is 1. The Hall–Kier alpha value is -1.90. The average molecular weight is 325 g/mol. The van der Waals surface area contributed by atoms with Crippen molar-refractivity contribution in [2.75, 3.05) is 20.8 Å². The summed E-state index contributed by atoms with van der Waals surface area (Å²) in [6, 6.07) is 7.39. The fraction of sp³-hybridized carbons (Fsp3) is 0.357. The second-order valence-corrected chi connectivity index (χ2v) is 6.26. The molecule has 0 saturated carbocycles. The molecule has 0 atom stereocenters. The number of nitrogens with zero attached hydrogens (tertiary/aromatic N) is 2. The standard InChI is InChI=1S/C14H19N3O4S/c1-20-8-7-17-10-12(14(16-17)22(15,18)19)9-11-3-5-13(21-2)6-4-11/h3-6,10H,7-9H2,1-2H3,(H2,15,18,19). The van der Waals surface area contributed by atoms with Crippen LogP contribution in [0.5, 0.6) is 5.75 Å². The Bertz CT molecular complexity index is 723. The smallest absolute Gasteiger partial charge is 0.257 e. The van der Waals surface area contributed by atoms with E-state index in [-0.39, 0.29) is 5.03 Å². The minimum atomic E-state index is -3.87. The third-order valence-corrected chi connectivity index (χ3v) is 4.03. The van der Waals surface area contributed by atoms with Crippen LogP contribution in [-0.4, -0.2) is 39.0 Å². The monoisotopic (exact) mass is 325 g/mol. The Balaban J connectivity index is 2.29. The zero-order valence-corrected chi connectivity index (χ0v) is 13.3. The Morgan fingerprint density at radius 3 is 2.45 bits per heavy atom. The summed E-state index contributed by atoms with van der Waals surface area (Å²) < 4.78 is 35.0. The molecule has 0 fully saturated rings. The normalized spacial score (nSPS) is 11.6. The number of hydrogen-bond donors (Lipinski definition) is 1. The number of methoxy groups -OCH3 is 2. The lowest BCUT2D eigenvalue weighted by Crippen LogP contribution is -2.15. The van der Waals surface area contributed by atoms with Gasteiger partial charge in [-0.3, -0.25) is 4.68 Å². The molecule has 0 saturated heterocycles. The quantitative estimate of drug-likeness (QED) is 0.811. The molecule has 0 amide bonds. The molecule has 7 nitrogen and oxygen atoms in total. The van der Waals surface area contributed by atoms with Gasteiger partial charge in [0.25, 0.3) is 10.0 Å². The van der Waals surface area contributed by atoms with E-state index in [9.17, 15) is 8.42 Å². The van der Waals surface area contributed by atoms with Gasteiger partial charge in [-0.05, 0) is 17.7 Å². The first-order chi connectivity index (χ1) is 10.4. The highest BCUT2D eigenvalue weighted by Crippen LogP contribution is 2.19. The van der Waals surface area contributed by atoms with E-state index < -0.39 is 10.0 Å².